The van der Waals surface area contributed by atoms with Crippen molar-refractivity contribution in [2.75, 3.05) is 24.6 Å². The molecule has 0 aliphatic carbocycles. The molecule has 3 rings (SSSR count). The van der Waals surface area contributed by atoms with Gasteiger partial charge in [-0.1, -0.05) is 0 Å². The predicted molar refractivity (Wildman–Crippen MR) is 150 cm³/mol. The number of fused-ring (bicyclic) bond motifs is 1. The molecule has 8 N–H and O–H groups in total. The van der Waals surface area contributed by atoms with Gasteiger partial charge in [0.05, 0.1) is 56.0 Å². The van der Waals surface area contributed by atoms with E-state index in [2.05, 4.69) is 9.98 Å². The van der Waals surface area contributed by atoms with Crippen LogP contribution in [0.1, 0.15) is 20.3 Å². The molecule has 2 amide bonds. The van der Waals surface area contributed by atoms with Crippen LogP contribution < -0.4 is 11.5 Å². The SMILES string of the molecule is C[C@@H](O)[C@@H](C(=O)O)[C@@H]1C=C(SCCN=CN)C(C(=O)O)N1C(=O)C1=C(SCCN=CN)C[C@@H]2[C@@H]([C@@H](C)O)C(=O)N12. The number of aliphatic imine (C=N–C) groups is 2. The number of β-lactam (4-membered cyclic amide) rings is 1. The van der Waals surface area contributed by atoms with E-state index in [1.807, 2.05) is 0 Å². The van der Waals surface area contributed by atoms with E-state index in [-0.39, 0.29) is 23.6 Å². The first-order valence-electron chi connectivity index (χ1n) is 12.6. The van der Waals surface area contributed by atoms with Crippen molar-refractivity contribution in [1.29, 1.82) is 0 Å². The number of hydrogen-bond acceptors (Lipinski definition) is 10. The highest BCUT2D eigenvalue weighted by atomic mass is 32.2. The average molecular weight is 599 g/mol. The summed E-state index contributed by atoms with van der Waals surface area (Å²) in [5.74, 6) is -5.70. The highest BCUT2D eigenvalue weighted by molar-refractivity contribution is 8.03. The molecule has 0 radical (unpaired) electrons. The van der Waals surface area contributed by atoms with E-state index >= 15 is 0 Å². The summed E-state index contributed by atoms with van der Waals surface area (Å²) in [6.45, 7) is 3.32. The van der Waals surface area contributed by atoms with Crippen LogP contribution in [0.2, 0.25) is 0 Å². The fourth-order valence-corrected chi connectivity index (χ4v) is 7.35. The van der Waals surface area contributed by atoms with E-state index in [4.69, 9.17) is 11.5 Å². The third kappa shape index (κ3) is 6.14. The highest BCUT2D eigenvalue weighted by Gasteiger charge is 2.59. The van der Waals surface area contributed by atoms with E-state index in [1.54, 1.807) is 0 Å². The standard InChI is InChI=1S/C24H34N6O8S2/c1-11(31)17-13-7-15(39-5-3-27-9-25)19(29(13)21(17)33)22(34)30-14(18(12(2)32)23(35)36)8-16(20(30)24(37)38)40-6-4-28-10-26/h8-14,17-18,20,31-32H,3-7H2,1-2H3,(H2,25,27)(H2,26,28)(H,35,36)(H,37,38)/t11-,12-,13-,14+,17-,18-,20?/m1/s1. The molecule has 0 bridgehead atoms. The molecule has 40 heavy (non-hydrogen) atoms. The molecule has 16 heteroatoms. The molecule has 3 heterocycles. The van der Waals surface area contributed by atoms with Crippen molar-refractivity contribution in [3.63, 3.8) is 0 Å². The van der Waals surface area contributed by atoms with E-state index in [1.165, 1.54) is 36.6 Å². The molecule has 0 spiro atoms. The number of thioether (sulfide) groups is 2. The summed E-state index contributed by atoms with van der Waals surface area (Å²) in [5.41, 5.74) is 10.5. The van der Waals surface area contributed by atoms with Crippen LogP contribution in [0.3, 0.4) is 0 Å². The number of nitrogens with two attached hydrogens (primary N) is 2. The van der Waals surface area contributed by atoms with Gasteiger partial charge in [0.1, 0.15) is 11.6 Å². The van der Waals surface area contributed by atoms with Crippen molar-refractivity contribution in [2.45, 2.75) is 50.6 Å². The van der Waals surface area contributed by atoms with Crippen LogP contribution in [0.5, 0.6) is 0 Å². The van der Waals surface area contributed by atoms with Crippen molar-refractivity contribution in [3.8, 4) is 0 Å². The Morgan fingerprint density at radius 3 is 2.20 bits per heavy atom. The molecule has 3 aliphatic rings. The van der Waals surface area contributed by atoms with Gasteiger partial charge in [0.15, 0.2) is 6.04 Å². The van der Waals surface area contributed by atoms with E-state index < -0.39 is 65.9 Å². The number of aliphatic hydroxyl groups excluding tert-OH is 2. The molecule has 0 aromatic carbocycles. The third-order valence-corrected chi connectivity index (χ3v) is 9.11. The quantitative estimate of drug-likeness (QED) is 0.0604. The summed E-state index contributed by atoms with van der Waals surface area (Å²) in [4.78, 5) is 62.9. The molecule has 0 aromatic heterocycles. The van der Waals surface area contributed by atoms with Crippen molar-refractivity contribution in [3.05, 3.63) is 21.6 Å². The fourth-order valence-electron chi connectivity index (χ4n) is 5.25. The minimum Gasteiger partial charge on any atom is -0.481 e. The average Bonchev–Trinajstić information content (AvgIpc) is 3.39. The van der Waals surface area contributed by atoms with Crippen LogP contribution in [-0.2, 0) is 19.2 Å². The second-order valence-corrected chi connectivity index (χ2v) is 11.8. The maximum atomic E-state index is 14.3. The number of hydrogen-bond donors (Lipinski definition) is 6. The molecule has 14 nitrogen and oxygen atoms in total. The van der Waals surface area contributed by atoms with Gasteiger partial charge in [-0.3, -0.25) is 24.4 Å². The topological polar surface area (TPSA) is 232 Å². The van der Waals surface area contributed by atoms with Gasteiger partial charge in [-0.2, -0.15) is 0 Å². The van der Waals surface area contributed by atoms with Crippen LogP contribution >= 0.6 is 23.5 Å². The summed E-state index contributed by atoms with van der Waals surface area (Å²) in [6, 6.07) is -3.39. The predicted octanol–water partition coefficient (Wildman–Crippen LogP) is -1.12. The normalized spacial score (nSPS) is 26.7. The fraction of sp³-hybridized carbons (Fsp3) is 0.583. The zero-order valence-corrected chi connectivity index (χ0v) is 23.6. The molecule has 1 unspecified atom stereocenters. The lowest BCUT2D eigenvalue weighted by atomic mass is 9.83. The Bertz CT molecular complexity index is 1140. The molecule has 220 valence electrons. The minimum absolute atomic E-state index is 0.0491. The molecule has 1 saturated heterocycles. The number of amides is 2. The number of rotatable bonds is 14. The van der Waals surface area contributed by atoms with Crippen molar-refractivity contribution >= 4 is 60.0 Å². The smallest absolute Gasteiger partial charge is 0.331 e. The molecule has 0 aromatic rings. The maximum absolute atomic E-state index is 14.3. The highest BCUT2D eigenvalue weighted by Crippen LogP contribution is 2.49. The molecule has 0 saturated carbocycles. The first kappa shape index (κ1) is 31.4. The third-order valence-electron chi connectivity index (χ3n) is 6.93. The Kier molecular flexibility index (Phi) is 10.6. The van der Waals surface area contributed by atoms with Crippen molar-refractivity contribution in [2.24, 2.45) is 33.3 Å². The number of aliphatic carboxylic acids is 2. The second kappa shape index (κ2) is 13.5. The first-order valence-corrected chi connectivity index (χ1v) is 14.5. The number of carbonyl (C=O) groups excluding carboxylic acids is 2. The van der Waals surface area contributed by atoms with E-state index in [0.717, 1.165) is 29.3 Å². The zero-order valence-electron chi connectivity index (χ0n) is 22.0. The number of aliphatic hydroxyl groups is 2. The molecule has 7 atom stereocenters. The van der Waals surface area contributed by atoms with Crippen molar-refractivity contribution < 1.29 is 39.6 Å². The lowest BCUT2D eigenvalue weighted by molar-refractivity contribution is -0.162. The number of carboxylic acid groups (broad SMARTS) is 2. The Morgan fingerprint density at radius 1 is 1.10 bits per heavy atom. The van der Waals surface area contributed by atoms with Gasteiger partial charge >= 0.3 is 11.9 Å². The Labute approximate surface area is 239 Å². The second-order valence-electron chi connectivity index (χ2n) is 9.44. The summed E-state index contributed by atoms with van der Waals surface area (Å²) in [6.07, 6.45) is 1.50. The molecule has 1 fully saturated rings. The summed E-state index contributed by atoms with van der Waals surface area (Å²) in [5, 5.41) is 40.7. The van der Waals surface area contributed by atoms with Crippen LogP contribution in [0, 0.1) is 11.8 Å². The Balaban J connectivity index is 2.07. The minimum atomic E-state index is -1.56. The summed E-state index contributed by atoms with van der Waals surface area (Å²) >= 11 is 2.35. The lowest BCUT2D eigenvalue weighted by Gasteiger charge is -2.46. The van der Waals surface area contributed by atoms with Crippen molar-refractivity contribution in [1.82, 2.24) is 9.80 Å². The first-order chi connectivity index (χ1) is 19.0. The largest absolute Gasteiger partial charge is 0.481 e. The number of carboxylic acids is 2. The van der Waals surface area contributed by atoms with Gasteiger partial charge in [-0.05, 0) is 19.9 Å². The van der Waals surface area contributed by atoms with Crippen LogP contribution in [0.4, 0.5) is 0 Å². The summed E-state index contributed by atoms with van der Waals surface area (Å²) in [7, 11) is 0. The number of nitrogens with zero attached hydrogens (tertiary/aromatic N) is 4. The van der Waals surface area contributed by atoms with E-state index in [9.17, 15) is 39.6 Å². The number of carbonyl (C=O) groups is 4. The van der Waals surface area contributed by atoms with Gasteiger partial charge in [0, 0.05) is 27.7 Å². The van der Waals surface area contributed by atoms with Gasteiger partial charge in [-0.15, -0.1) is 23.5 Å². The van der Waals surface area contributed by atoms with Gasteiger partial charge in [-0.25, -0.2) is 4.79 Å². The van der Waals surface area contributed by atoms with Gasteiger partial charge in [0.2, 0.25) is 5.91 Å². The van der Waals surface area contributed by atoms with Crippen LogP contribution in [0.15, 0.2) is 31.6 Å². The maximum Gasteiger partial charge on any atom is 0.331 e. The molecular weight excluding hydrogens is 564 g/mol. The van der Waals surface area contributed by atoms with Crippen LogP contribution in [-0.4, -0.2) is 122 Å². The molecular formula is C24H34N6O8S2. The summed E-state index contributed by atoms with van der Waals surface area (Å²) < 4.78 is 0. The Morgan fingerprint density at radius 2 is 1.70 bits per heavy atom. The monoisotopic (exact) mass is 598 g/mol. The van der Waals surface area contributed by atoms with Crippen LogP contribution in [0.25, 0.3) is 0 Å². The van der Waals surface area contributed by atoms with Gasteiger partial charge in [0.25, 0.3) is 5.91 Å². The Hall–Kier alpha value is -3.08. The lowest BCUT2D eigenvalue weighted by Crippen LogP contribution is -2.63. The molecule has 3 aliphatic heterocycles. The zero-order chi connectivity index (χ0) is 29.7. The van der Waals surface area contributed by atoms with Gasteiger partial charge < -0.3 is 41.7 Å². The van der Waals surface area contributed by atoms with E-state index in [0.29, 0.717) is 23.0 Å².